The predicted octanol–water partition coefficient (Wildman–Crippen LogP) is 4.80. The lowest BCUT2D eigenvalue weighted by Crippen LogP contribution is -2.37. The summed E-state index contributed by atoms with van der Waals surface area (Å²) >= 11 is 0. The zero-order valence-corrected chi connectivity index (χ0v) is 20.7. The van der Waals surface area contributed by atoms with Crippen LogP contribution in [0.4, 0.5) is 11.4 Å². The molecule has 3 aromatic rings. The standard InChI is InChI=1S/C29H27N3O5/c1-3-16-36-23-15-12-20(17-24(23)35-4-2)26-25-27(37-32(26)22-8-6-5-7-9-22)29(34)31(28(25)33)21-13-10-19(18-30)11-14-21/h5-15,17,25-27H,3-4,16H2,1-2H3. The van der Waals surface area contributed by atoms with Gasteiger partial charge in [-0.05, 0) is 67.4 Å². The molecular formula is C29H27N3O5. The summed E-state index contributed by atoms with van der Waals surface area (Å²) in [5.74, 6) is -0.364. The van der Waals surface area contributed by atoms with Crippen LogP contribution in [0.3, 0.4) is 0 Å². The Kier molecular flexibility index (Phi) is 6.80. The summed E-state index contributed by atoms with van der Waals surface area (Å²) in [6.45, 7) is 4.94. The van der Waals surface area contributed by atoms with Crippen molar-refractivity contribution in [2.75, 3.05) is 23.2 Å². The SMILES string of the molecule is CCCOc1ccc(C2C3C(=O)N(c4ccc(C#N)cc4)C(=O)C3ON2c2ccccc2)cc1OCC. The lowest BCUT2D eigenvalue weighted by Gasteiger charge is -2.29. The van der Waals surface area contributed by atoms with Crippen molar-refractivity contribution in [3.05, 3.63) is 83.9 Å². The van der Waals surface area contributed by atoms with Gasteiger partial charge in [-0.25, -0.2) is 9.96 Å². The summed E-state index contributed by atoms with van der Waals surface area (Å²) in [5.41, 5.74) is 2.36. The second-order valence-corrected chi connectivity index (χ2v) is 8.82. The number of rotatable bonds is 8. The van der Waals surface area contributed by atoms with Gasteiger partial charge in [-0.3, -0.25) is 14.4 Å². The molecule has 2 saturated heterocycles. The van der Waals surface area contributed by atoms with Crippen molar-refractivity contribution in [2.24, 2.45) is 5.92 Å². The number of fused-ring (bicyclic) bond motifs is 1. The molecule has 8 heteroatoms. The third-order valence-corrected chi connectivity index (χ3v) is 6.45. The summed E-state index contributed by atoms with van der Waals surface area (Å²) < 4.78 is 11.7. The molecule has 2 aliphatic heterocycles. The van der Waals surface area contributed by atoms with Crippen molar-refractivity contribution >= 4 is 23.2 Å². The van der Waals surface area contributed by atoms with Crippen LogP contribution in [-0.4, -0.2) is 31.1 Å². The Morgan fingerprint density at radius 2 is 1.65 bits per heavy atom. The summed E-state index contributed by atoms with van der Waals surface area (Å²) in [7, 11) is 0. The third-order valence-electron chi connectivity index (χ3n) is 6.45. The fourth-order valence-electron chi connectivity index (χ4n) is 4.80. The van der Waals surface area contributed by atoms with E-state index in [1.54, 1.807) is 29.3 Å². The highest BCUT2D eigenvalue weighted by Gasteiger charge is 2.60. The lowest BCUT2D eigenvalue weighted by atomic mass is 9.90. The quantitative estimate of drug-likeness (QED) is 0.413. The largest absolute Gasteiger partial charge is 0.490 e. The minimum Gasteiger partial charge on any atom is -0.490 e. The smallest absolute Gasteiger partial charge is 0.266 e. The van der Waals surface area contributed by atoms with E-state index in [4.69, 9.17) is 19.6 Å². The number of anilines is 2. The Hall–Kier alpha value is -4.35. The Balaban J connectivity index is 1.56. The zero-order valence-electron chi connectivity index (χ0n) is 20.7. The first kappa shape index (κ1) is 24.3. The van der Waals surface area contributed by atoms with E-state index in [-0.39, 0.29) is 5.91 Å². The van der Waals surface area contributed by atoms with Crippen LogP contribution in [0.25, 0.3) is 0 Å². The number of nitriles is 1. The number of para-hydroxylation sites is 1. The van der Waals surface area contributed by atoms with Gasteiger partial charge in [0.25, 0.3) is 5.91 Å². The highest BCUT2D eigenvalue weighted by Crippen LogP contribution is 2.48. The van der Waals surface area contributed by atoms with E-state index in [0.717, 1.165) is 22.6 Å². The number of benzene rings is 3. The highest BCUT2D eigenvalue weighted by molar-refractivity contribution is 6.23. The molecule has 0 bridgehead atoms. The average Bonchev–Trinajstić information content (AvgIpc) is 3.44. The molecule has 5 rings (SSSR count). The summed E-state index contributed by atoms with van der Waals surface area (Å²) in [5, 5.41) is 10.8. The van der Waals surface area contributed by atoms with E-state index in [0.29, 0.717) is 36.0 Å². The normalized spacial score (nSPS) is 20.6. The molecule has 2 amide bonds. The molecule has 0 aromatic heterocycles. The molecule has 0 aliphatic carbocycles. The van der Waals surface area contributed by atoms with Gasteiger partial charge in [0.1, 0.15) is 5.92 Å². The molecule has 0 saturated carbocycles. The topological polar surface area (TPSA) is 92.1 Å². The maximum atomic E-state index is 13.8. The number of imide groups is 1. The van der Waals surface area contributed by atoms with Crippen LogP contribution in [0.15, 0.2) is 72.8 Å². The van der Waals surface area contributed by atoms with Gasteiger partial charge < -0.3 is 9.47 Å². The van der Waals surface area contributed by atoms with E-state index < -0.39 is 24.0 Å². The van der Waals surface area contributed by atoms with Gasteiger partial charge in [0.05, 0.1) is 42.3 Å². The number of hydrogen-bond donors (Lipinski definition) is 0. The lowest BCUT2D eigenvalue weighted by molar-refractivity contribution is -0.126. The van der Waals surface area contributed by atoms with Gasteiger partial charge >= 0.3 is 0 Å². The van der Waals surface area contributed by atoms with Crippen molar-refractivity contribution in [2.45, 2.75) is 32.4 Å². The maximum Gasteiger partial charge on any atom is 0.266 e. The molecule has 0 spiro atoms. The number of amides is 2. The van der Waals surface area contributed by atoms with E-state index in [1.807, 2.05) is 62.4 Å². The molecule has 8 nitrogen and oxygen atoms in total. The van der Waals surface area contributed by atoms with Crippen LogP contribution < -0.4 is 19.4 Å². The second kappa shape index (κ2) is 10.3. The van der Waals surface area contributed by atoms with Gasteiger partial charge in [0.2, 0.25) is 5.91 Å². The number of ether oxygens (including phenoxy) is 2. The predicted molar refractivity (Wildman–Crippen MR) is 137 cm³/mol. The molecule has 3 aromatic carbocycles. The molecule has 2 heterocycles. The molecule has 3 unspecified atom stereocenters. The molecule has 2 fully saturated rings. The number of carbonyl (C=O) groups is 2. The first-order chi connectivity index (χ1) is 18.1. The molecule has 2 aliphatic rings. The molecule has 0 N–H and O–H groups in total. The van der Waals surface area contributed by atoms with E-state index >= 15 is 0 Å². The molecule has 0 radical (unpaired) electrons. The summed E-state index contributed by atoms with van der Waals surface area (Å²) in [4.78, 5) is 34.7. The van der Waals surface area contributed by atoms with Crippen LogP contribution >= 0.6 is 0 Å². The second-order valence-electron chi connectivity index (χ2n) is 8.82. The number of carbonyl (C=O) groups excluding carboxylic acids is 2. The summed E-state index contributed by atoms with van der Waals surface area (Å²) in [6, 6.07) is 22.9. The first-order valence-corrected chi connectivity index (χ1v) is 12.4. The average molecular weight is 498 g/mol. The molecular weight excluding hydrogens is 470 g/mol. The van der Waals surface area contributed by atoms with E-state index in [2.05, 4.69) is 6.07 Å². The Bertz CT molecular complexity index is 1340. The number of hydroxylamine groups is 1. The van der Waals surface area contributed by atoms with E-state index in [1.165, 1.54) is 0 Å². The van der Waals surface area contributed by atoms with Crippen LogP contribution in [0.5, 0.6) is 11.5 Å². The minimum atomic E-state index is -0.986. The van der Waals surface area contributed by atoms with Crippen LogP contribution in [0.1, 0.15) is 37.4 Å². The van der Waals surface area contributed by atoms with Crippen LogP contribution in [-0.2, 0) is 14.4 Å². The Morgan fingerprint density at radius 1 is 0.892 bits per heavy atom. The fourth-order valence-corrected chi connectivity index (χ4v) is 4.80. The van der Waals surface area contributed by atoms with Crippen molar-refractivity contribution in [1.29, 1.82) is 5.26 Å². The Morgan fingerprint density at radius 3 is 2.32 bits per heavy atom. The molecule has 3 atom stereocenters. The van der Waals surface area contributed by atoms with Gasteiger partial charge in [0, 0.05) is 0 Å². The van der Waals surface area contributed by atoms with Crippen molar-refractivity contribution in [3.63, 3.8) is 0 Å². The highest BCUT2D eigenvalue weighted by atomic mass is 16.7. The molecule has 188 valence electrons. The third kappa shape index (κ3) is 4.39. The zero-order chi connectivity index (χ0) is 25.9. The minimum absolute atomic E-state index is 0.354. The number of nitrogens with zero attached hydrogens (tertiary/aromatic N) is 3. The van der Waals surface area contributed by atoms with Gasteiger partial charge in [-0.15, -0.1) is 0 Å². The van der Waals surface area contributed by atoms with Crippen molar-refractivity contribution < 1.29 is 23.9 Å². The van der Waals surface area contributed by atoms with Gasteiger partial charge in [-0.2, -0.15) is 5.26 Å². The van der Waals surface area contributed by atoms with Crippen LogP contribution in [0.2, 0.25) is 0 Å². The first-order valence-electron chi connectivity index (χ1n) is 12.4. The maximum absolute atomic E-state index is 13.8. The van der Waals surface area contributed by atoms with Crippen molar-refractivity contribution in [1.82, 2.24) is 0 Å². The van der Waals surface area contributed by atoms with Crippen LogP contribution in [0, 0.1) is 17.2 Å². The van der Waals surface area contributed by atoms with Gasteiger partial charge in [0.15, 0.2) is 17.6 Å². The van der Waals surface area contributed by atoms with Gasteiger partial charge in [-0.1, -0.05) is 31.2 Å². The number of hydrogen-bond acceptors (Lipinski definition) is 7. The molecule has 37 heavy (non-hydrogen) atoms. The fraction of sp³-hybridized carbons (Fsp3) is 0.276. The van der Waals surface area contributed by atoms with E-state index in [9.17, 15) is 9.59 Å². The monoisotopic (exact) mass is 497 g/mol. The Labute approximate surface area is 215 Å². The summed E-state index contributed by atoms with van der Waals surface area (Å²) in [6.07, 6.45) is -0.128. The van der Waals surface area contributed by atoms with Crippen molar-refractivity contribution in [3.8, 4) is 17.6 Å².